The fraction of sp³-hybridized carbons (Fsp3) is 0.885. The SMILES string of the molecule is CCCCCCCCCC.CCCCCCCCCC(=O)OCC(COC=O)CC(=O)OCCN(CCOC(=O)CC(COC(=O)CCCCCCCCC)COC(=O)CCCCCCCCC)C(=O)NCCCN(C)C. The van der Waals surface area contributed by atoms with Gasteiger partial charge in [-0.2, -0.15) is 0 Å². The third-order valence-electron chi connectivity index (χ3n) is 13.3. The Labute approximate surface area is 469 Å². The average molecular weight is 1100 g/mol. The van der Waals surface area contributed by atoms with Crippen LogP contribution < -0.4 is 5.32 Å². The van der Waals surface area contributed by atoms with Crippen molar-refractivity contribution < 1.29 is 62.0 Å². The summed E-state index contributed by atoms with van der Waals surface area (Å²) in [6.45, 7) is 11.6. The van der Waals surface area contributed by atoms with E-state index in [4.69, 9.17) is 28.4 Å². The summed E-state index contributed by atoms with van der Waals surface area (Å²) >= 11 is 0. The summed E-state index contributed by atoms with van der Waals surface area (Å²) in [6.07, 6.45) is 34.9. The van der Waals surface area contributed by atoms with Crippen LogP contribution in [0.2, 0.25) is 0 Å². The van der Waals surface area contributed by atoms with E-state index in [1.165, 1.54) is 114 Å². The summed E-state index contributed by atoms with van der Waals surface area (Å²) < 4.78 is 32.3. The number of carbonyl (C=O) groups is 7. The number of hydrogen-bond acceptors (Lipinski definition) is 14. The maximum absolute atomic E-state index is 13.2. The van der Waals surface area contributed by atoms with Crippen molar-refractivity contribution in [2.24, 2.45) is 11.8 Å². The van der Waals surface area contributed by atoms with Crippen molar-refractivity contribution >= 4 is 42.3 Å². The van der Waals surface area contributed by atoms with Gasteiger partial charge in [0, 0.05) is 37.6 Å². The van der Waals surface area contributed by atoms with Crippen molar-refractivity contribution in [3.8, 4) is 0 Å². The third kappa shape index (κ3) is 55.2. The first kappa shape index (κ1) is 75.1. The number of amides is 2. The van der Waals surface area contributed by atoms with Gasteiger partial charge in [-0.25, -0.2) is 4.79 Å². The van der Waals surface area contributed by atoms with Crippen LogP contribution in [0.3, 0.4) is 0 Å². The molecule has 0 heterocycles. The second kappa shape index (κ2) is 58.2. The van der Waals surface area contributed by atoms with Crippen LogP contribution in [-0.4, -0.2) is 132 Å². The predicted molar refractivity (Wildman–Crippen MR) is 307 cm³/mol. The zero-order valence-electron chi connectivity index (χ0n) is 50.3. The van der Waals surface area contributed by atoms with E-state index in [-0.39, 0.29) is 109 Å². The van der Waals surface area contributed by atoms with Crippen LogP contribution in [0, 0.1) is 11.8 Å². The molecule has 0 saturated carbocycles. The number of hydrogen-bond donors (Lipinski definition) is 1. The maximum Gasteiger partial charge on any atom is 0.317 e. The molecule has 0 aliphatic rings. The largest absolute Gasteiger partial charge is 0.467 e. The quantitative estimate of drug-likeness (QED) is 0.0262. The second-order valence-electron chi connectivity index (χ2n) is 21.2. The maximum atomic E-state index is 13.2. The van der Waals surface area contributed by atoms with Gasteiger partial charge in [0.2, 0.25) is 0 Å². The molecule has 0 aliphatic heterocycles. The first-order valence-corrected chi connectivity index (χ1v) is 30.9. The van der Waals surface area contributed by atoms with Crippen molar-refractivity contribution in [1.82, 2.24) is 15.1 Å². The summed E-state index contributed by atoms with van der Waals surface area (Å²) in [5, 5.41) is 2.86. The van der Waals surface area contributed by atoms with Crippen molar-refractivity contribution in [2.45, 2.75) is 259 Å². The highest BCUT2D eigenvalue weighted by molar-refractivity contribution is 5.75. The Morgan fingerprint density at radius 2 is 0.701 bits per heavy atom. The topological polar surface area (TPSA) is 193 Å². The van der Waals surface area contributed by atoms with E-state index in [0.717, 1.165) is 83.6 Å². The number of nitrogens with one attached hydrogen (secondary N) is 1. The Hall–Kier alpha value is -3.95. The molecule has 452 valence electrons. The number of esters is 5. The summed E-state index contributed by atoms with van der Waals surface area (Å²) in [5.41, 5.74) is 0. The Bertz CT molecular complexity index is 1380. The highest BCUT2D eigenvalue weighted by Gasteiger charge is 2.22. The van der Waals surface area contributed by atoms with E-state index in [1.807, 2.05) is 19.0 Å². The van der Waals surface area contributed by atoms with Crippen LogP contribution in [0.15, 0.2) is 0 Å². The molecule has 16 nitrogen and oxygen atoms in total. The molecule has 0 aliphatic carbocycles. The Balaban J connectivity index is 0. The lowest BCUT2D eigenvalue weighted by Gasteiger charge is -2.24. The van der Waals surface area contributed by atoms with Crippen LogP contribution in [0.1, 0.15) is 259 Å². The van der Waals surface area contributed by atoms with Gasteiger partial charge in [0.25, 0.3) is 6.47 Å². The number of nitrogens with zero attached hydrogens (tertiary/aromatic N) is 2. The van der Waals surface area contributed by atoms with E-state index in [2.05, 4.69) is 39.9 Å². The van der Waals surface area contributed by atoms with E-state index >= 15 is 0 Å². The van der Waals surface area contributed by atoms with Crippen LogP contribution in [-0.2, 0) is 57.2 Å². The molecule has 16 heteroatoms. The van der Waals surface area contributed by atoms with E-state index in [0.29, 0.717) is 13.0 Å². The zero-order chi connectivity index (χ0) is 57.3. The molecular weight excluding hydrogens is 983 g/mol. The fourth-order valence-corrected chi connectivity index (χ4v) is 8.39. The Kier molecular flexibility index (Phi) is 56.8. The number of rotatable bonds is 54. The van der Waals surface area contributed by atoms with Gasteiger partial charge in [-0.15, -0.1) is 0 Å². The normalized spacial score (nSPS) is 11.3. The molecule has 0 aromatic rings. The highest BCUT2D eigenvalue weighted by atomic mass is 16.6. The number of urea groups is 1. The summed E-state index contributed by atoms with van der Waals surface area (Å²) in [5.74, 6) is -3.58. The zero-order valence-corrected chi connectivity index (χ0v) is 50.3. The van der Waals surface area contributed by atoms with E-state index in [1.54, 1.807) is 0 Å². The van der Waals surface area contributed by atoms with Crippen LogP contribution >= 0.6 is 0 Å². The number of carbonyl (C=O) groups excluding carboxylic acids is 7. The lowest BCUT2D eigenvalue weighted by Crippen LogP contribution is -2.44. The second-order valence-corrected chi connectivity index (χ2v) is 21.2. The number of unbranched alkanes of at least 4 members (excludes halogenated alkanes) is 25. The monoisotopic (exact) mass is 1100 g/mol. The molecule has 77 heavy (non-hydrogen) atoms. The van der Waals surface area contributed by atoms with Crippen LogP contribution in [0.5, 0.6) is 0 Å². The van der Waals surface area contributed by atoms with Gasteiger partial charge in [-0.3, -0.25) is 28.8 Å². The van der Waals surface area contributed by atoms with Gasteiger partial charge in [0.05, 0.1) is 52.4 Å². The van der Waals surface area contributed by atoms with E-state index in [9.17, 15) is 33.6 Å². The minimum absolute atomic E-state index is 0.0151. The summed E-state index contributed by atoms with van der Waals surface area (Å²) in [4.78, 5) is 91.1. The van der Waals surface area contributed by atoms with E-state index < -0.39 is 29.8 Å². The molecule has 0 radical (unpaired) electrons. The molecular formula is C61H115N3O13. The first-order valence-electron chi connectivity index (χ1n) is 30.9. The Morgan fingerprint density at radius 1 is 0.390 bits per heavy atom. The molecule has 0 spiro atoms. The van der Waals surface area contributed by atoms with Gasteiger partial charge in [-0.1, -0.05) is 202 Å². The molecule has 0 rings (SSSR count). The Morgan fingerprint density at radius 3 is 1.01 bits per heavy atom. The summed E-state index contributed by atoms with van der Waals surface area (Å²) in [7, 11) is 3.86. The molecule has 0 fully saturated rings. The molecule has 0 aromatic heterocycles. The van der Waals surface area contributed by atoms with Crippen molar-refractivity contribution in [3.05, 3.63) is 0 Å². The van der Waals surface area contributed by atoms with Crippen molar-refractivity contribution in [3.63, 3.8) is 0 Å². The van der Waals surface area contributed by atoms with Crippen LogP contribution in [0.25, 0.3) is 0 Å². The standard InChI is InChI=1S/C51H93N3O13.C10H22/c1-6-9-12-15-18-21-24-28-46(56)65-40-44(39-62-43-55)37-49(59)63-35-33-54(51(61)52-31-27-32-53(4)5)34-36-64-50(60)38-45(41-66-47(57)29-25-22-19-16-13-10-7-2)42-67-48(58)30-26-23-20-17-14-11-8-3;1-3-5-7-9-10-8-6-4-2/h43-45H,6-42H2,1-5H3,(H,52,61);3-10H2,1-2H3. The van der Waals surface area contributed by atoms with Gasteiger partial charge >= 0.3 is 35.9 Å². The molecule has 0 saturated heterocycles. The number of ether oxygens (including phenoxy) is 6. The minimum atomic E-state index is -0.627. The lowest BCUT2D eigenvalue weighted by atomic mass is 10.1. The molecule has 1 unspecified atom stereocenters. The van der Waals surface area contributed by atoms with Crippen molar-refractivity contribution in [1.29, 1.82) is 0 Å². The van der Waals surface area contributed by atoms with Gasteiger partial charge < -0.3 is 43.5 Å². The predicted octanol–water partition coefficient (Wildman–Crippen LogP) is 13.4. The molecule has 0 bridgehead atoms. The average Bonchev–Trinajstić information content (AvgIpc) is 3.41. The summed E-state index contributed by atoms with van der Waals surface area (Å²) in [6, 6.07) is -0.436. The lowest BCUT2D eigenvalue weighted by molar-refractivity contribution is -0.155. The molecule has 1 atom stereocenters. The highest BCUT2D eigenvalue weighted by Crippen LogP contribution is 2.15. The fourth-order valence-electron chi connectivity index (χ4n) is 8.39. The smallest absolute Gasteiger partial charge is 0.317 e. The molecule has 2 amide bonds. The minimum Gasteiger partial charge on any atom is -0.467 e. The van der Waals surface area contributed by atoms with Crippen molar-refractivity contribution in [2.75, 3.05) is 79.9 Å². The molecule has 1 N–H and O–H groups in total. The van der Waals surface area contributed by atoms with Gasteiger partial charge in [-0.05, 0) is 46.3 Å². The van der Waals surface area contributed by atoms with Gasteiger partial charge in [0.1, 0.15) is 13.2 Å². The molecule has 0 aromatic carbocycles. The third-order valence-corrected chi connectivity index (χ3v) is 13.3. The first-order chi connectivity index (χ1) is 37.4. The van der Waals surface area contributed by atoms with Crippen LogP contribution in [0.4, 0.5) is 4.79 Å². The van der Waals surface area contributed by atoms with Gasteiger partial charge in [0.15, 0.2) is 0 Å².